The first kappa shape index (κ1) is 8.81. The number of aromatic nitrogens is 2. The van der Waals surface area contributed by atoms with Gasteiger partial charge in [-0.25, -0.2) is 4.79 Å². The van der Waals surface area contributed by atoms with Crippen LogP contribution in [0.3, 0.4) is 0 Å². The molecular formula is C11H12N2O. The number of fused-ring (bicyclic) bond motifs is 1. The lowest BCUT2D eigenvalue weighted by Gasteiger charge is -2.00. The van der Waals surface area contributed by atoms with Gasteiger partial charge in [0.2, 0.25) is 0 Å². The first-order valence-electron chi connectivity index (χ1n) is 4.47. The van der Waals surface area contributed by atoms with Crippen LogP contribution in [0, 0.1) is 6.92 Å². The van der Waals surface area contributed by atoms with Gasteiger partial charge in [-0.05, 0) is 31.5 Å². The number of imidazole rings is 1. The lowest BCUT2D eigenvalue weighted by atomic mass is 10.2. The van der Waals surface area contributed by atoms with Crippen molar-refractivity contribution in [2.75, 3.05) is 0 Å². The Bertz CT molecular complexity index is 560. The maximum absolute atomic E-state index is 11.5. The van der Waals surface area contributed by atoms with Crippen molar-refractivity contribution >= 4 is 16.7 Å². The number of aryl methyl sites for hydroxylation is 1. The second-order valence-electron chi connectivity index (χ2n) is 3.52. The summed E-state index contributed by atoms with van der Waals surface area (Å²) in [6.45, 7) is 7.60. The molecule has 0 spiro atoms. The van der Waals surface area contributed by atoms with E-state index in [1.165, 1.54) is 0 Å². The maximum Gasteiger partial charge on any atom is 0.330 e. The summed E-state index contributed by atoms with van der Waals surface area (Å²) < 4.78 is 1.59. The minimum atomic E-state index is -0.127. The molecule has 0 saturated heterocycles. The molecule has 0 unspecified atom stereocenters. The predicted molar refractivity (Wildman–Crippen MR) is 58.3 cm³/mol. The third-order valence-electron chi connectivity index (χ3n) is 2.22. The highest BCUT2D eigenvalue weighted by atomic mass is 16.1. The van der Waals surface area contributed by atoms with E-state index in [9.17, 15) is 4.79 Å². The summed E-state index contributed by atoms with van der Waals surface area (Å²) in [6, 6.07) is 5.86. The van der Waals surface area contributed by atoms with E-state index < -0.39 is 0 Å². The molecular weight excluding hydrogens is 176 g/mol. The Morgan fingerprint density at radius 2 is 2.21 bits per heavy atom. The van der Waals surface area contributed by atoms with Gasteiger partial charge in [0, 0.05) is 5.70 Å². The molecule has 0 fully saturated rings. The number of aromatic amines is 1. The van der Waals surface area contributed by atoms with Crippen LogP contribution >= 0.6 is 0 Å². The van der Waals surface area contributed by atoms with E-state index in [-0.39, 0.29) is 5.69 Å². The van der Waals surface area contributed by atoms with E-state index in [2.05, 4.69) is 11.6 Å². The Morgan fingerprint density at radius 1 is 1.50 bits per heavy atom. The predicted octanol–water partition coefficient (Wildman–Crippen LogP) is 2.13. The fourth-order valence-electron chi connectivity index (χ4n) is 1.59. The molecule has 3 nitrogen and oxygen atoms in total. The van der Waals surface area contributed by atoms with Crippen LogP contribution in [-0.4, -0.2) is 9.55 Å². The van der Waals surface area contributed by atoms with E-state index in [0.29, 0.717) is 0 Å². The van der Waals surface area contributed by atoms with Crippen molar-refractivity contribution in [1.82, 2.24) is 9.55 Å². The molecule has 0 aliphatic carbocycles. The van der Waals surface area contributed by atoms with Crippen molar-refractivity contribution in [3.8, 4) is 0 Å². The van der Waals surface area contributed by atoms with Gasteiger partial charge in [0.15, 0.2) is 0 Å². The van der Waals surface area contributed by atoms with Crippen LogP contribution in [0.25, 0.3) is 16.7 Å². The van der Waals surface area contributed by atoms with Crippen molar-refractivity contribution < 1.29 is 0 Å². The first-order chi connectivity index (χ1) is 6.59. The van der Waals surface area contributed by atoms with Gasteiger partial charge in [-0.1, -0.05) is 12.6 Å². The summed E-state index contributed by atoms with van der Waals surface area (Å²) in [7, 11) is 0. The standard InChI is InChI=1S/C11H12N2O/c1-7(2)13-10-6-8(3)4-5-9(10)12-11(13)14/h4-6H,1H2,2-3H3,(H,12,14). The Balaban J connectivity index is 2.93. The highest BCUT2D eigenvalue weighted by molar-refractivity contribution is 5.79. The van der Waals surface area contributed by atoms with Crippen LogP contribution in [0.2, 0.25) is 0 Å². The maximum atomic E-state index is 11.5. The van der Waals surface area contributed by atoms with Crippen LogP contribution in [0.4, 0.5) is 0 Å². The molecule has 0 atom stereocenters. The first-order valence-corrected chi connectivity index (χ1v) is 4.47. The van der Waals surface area contributed by atoms with Gasteiger partial charge >= 0.3 is 5.69 Å². The van der Waals surface area contributed by atoms with Crippen molar-refractivity contribution in [3.05, 3.63) is 40.8 Å². The average molecular weight is 188 g/mol. The van der Waals surface area contributed by atoms with Crippen LogP contribution < -0.4 is 5.69 Å². The molecule has 1 aromatic carbocycles. The Hall–Kier alpha value is -1.77. The molecule has 0 amide bonds. The van der Waals surface area contributed by atoms with Crippen LogP contribution in [0.15, 0.2) is 29.6 Å². The monoisotopic (exact) mass is 188 g/mol. The molecule has 0 aliphatic rings. The van der Waals surface area contributed by atoms with E-state index >= 15 is 0 Å². The van der Waals surface area contributed by atoms with Crippen LogP contribution in [-0.2, 0) is 0 Å². The summed E-state index contributed by atoms with van der Waals surface area (Å²) in [4.78, 5) is 14.3. The van der Waals surface area contributed by atoms with Gasteiger partial charge in [0.1, 0.15) is 0 Å². The number of nitrogens with zero attached hydrogens (tertiary/aromatic N) is 1. The number of H-pyrrole nitrogens is 1. The summed E-state index contributed by atoms with van der Waals surface area (Å²) >= 11 is 0. The second kappa shape index (κ2) is 2.87. The van der Waals surface area contributed by atoms with Gasteiger partial charge in [-0.3, -0.25) is 4.57 Å². The van der Waals surface area contributed by atoms with Crippen molar-refractivity contribution in [3.63, 3.8) is 0 Å². The van der Waals surface area contributed by atoms with Crippen LogP contribution in [0.5, 0.6) is 0 Å². The number of hydrogen-bond donors (Lipinski definition) is 1. The van der Waals surface area contributed by atoms with E-state index in [1.54, 1.807) is 4.57 Å². The van der Waals surface area contributed by atoms with E-state index in [1.807, 2.05) is 32.0 Å². The highest BCUT2D eigenvalue weighted by Gasteiger charge is 2.06. The molecule has 2 aromatic rings. The van der Waals surface area contributed by atoms with Crippen molar-refractivity contribution in [2.45, 2.75) is 13.8 Å². The molecule has 1 N–H and O–H groups in total. The van der Waals surface area contributed by atoms with Crippen molar-refractivity contribution in [2.24, 2.45) is 0 Å². The third kappa shape index (κ3) is 1.18. The number of benzene rings is 1. The van der Waals surface area contributed by atoms with Gasteiger partial charge in [-0.2, -0.15) is 0 Å². The third-order valence-corrected chi connectivity index (χ3v) is 2.22. The van der Waals surface area contributed by atoms with E-state index in [4.69, 9.17) is 0 Å². The summed E-state index contributed by atoms with van der Waals surface area (Å²) in [5.41, 5.74) is 3.47. The zero-order chi connectivity index (χ0) is 10.3. The van der Waals surface area contributed by atoms with Crippen molar-refractivity contribution in [1.29, 1.82) is 0 Å². The second-order valence-corrected chi connectivity index (χ2v) is 3.52. The minimum Gasteiger partial charge on any atom is -0.305 e. The summed E-state index contributed by atoms with van der Waals surface area (Å²) in [5, 5.41) is 0. The fraction of sp³-hybridized carbons (Fsp3) is 0.182. The largest absolute Gasteiger partial charge is 0.330 e. The van der Waals surface area contributed by atoms with Gasteiger partial charge in [0.25, 0.3) is 0 Å². The number of allylic oxidation sites excluding steroid dienone is 1. The molecule has 3 heteroatoms. The molecule has 1 heterocycles. The smallest absolute Gasteiger partial charge is 0.305 e. The topological polar surface area (TPSA) is 37.8 Å². The average Bonchev–Trinajstić information content (AvgIpc) is 2.40. The number of nitrogens with one attached hydrogen (secondary N) is 1. The molecule has 14 heavy (non-hydrogen) atoms. The molecule has 0 saturated carbocycles. The Labute approximate surface area is 81.7 Å². The van der Waals surface area contributed by atoms with Gasteiger partial charge in [0.05, 0.1) is 11.0 Å². The van der Waals surface area contributed by atoms with Gasteiger partial charge < -0.3 is 4.98 Å². The molecule has 72 valence electrons. The van der Waals surface area contributed by atoms with Gasteiger partial charge in [-0.15, -0.1) is 0 Å². The molecule has 2 rings (SSSR count). The molecule has 0 bridgehead atoms. The zero-order valence-electron chi connectivity index (χ0n) is 8.29. The molecule has 0 radical (unpaired) electrons. The molecule has 1 aromatic heterocycles. The van der Waals surface area contributed by atoms with Crippen LogP contribution in [0.1, 0.15) is 12.5 Å². The Morgan fingerprint density at radius 3 is 2.86 bits per heavy atom. The van der Waals surface area contributed by atoms with E-state index in [0.717, 1.165) is 22.3 Å². The zero-order valence-corrected chi connectivity index (χ0v) is 8.29. The SMILES string of the molecule is C=C(C)n1c(=O)[nH]c2ccc(C)cc21. The molecule has 0 aliphatic heterocycles. The quantitative estimate of drug-likeness (QED) is 0.731. The summed E-state index contributed by atoms with van der Waals surface area (Å²) in [6.07, 6.45) is 0. The lowest BCUT2D eigenvalue weighted by molar-refractivity contribution is 1.03. The number of rotatable bonds is 1. The Kier molecular flexibility index (Phi) is 1.81. The minimum absolute atomic E-state index is 0.127. The fourth-order valence-corrected chi connectivity index (χ4v) is 1.59. The summed E-state index contributed by atoms with van der Waals surface area (Å²) in [5.74, 6) is 0. The number of hydrogen-bond acceptors (Lipinski definition) is 1. The highest BCUT2D eigenvalue weighted by Crippen LogP contribution is 2.14. The normalized spacial score (nSPS) is 10.7. The lowest BCUT2D eigenvalue weighted by Crippen LogP contribution is -2.13.